The zero-order chi connectivity index (χ0) is 24.6. The molecule has 0 radical (unpaired) electrons. The van der Waals surface area contributed by atoms with Gasteiger partial charge in [-0.3, -0.25) is 9.10 Å². The van der Waals surface area contributed by atoms with Gasteiger partial charge in [-0.2, -0.15) is 0 Å². The minimum atomic E-state index is -3.96. The maximum Gasteiger partial charge on any atom is 0.294 e. The van der Waals surface area contributed by atoms with Crippen LogP contribution in [0.3, 0.4) is 0 Å². The molecule has 4 aromatic rings. The number of hydrogen-bond acceptors (Lipinski definition) is 4. The Kier molecular flexibility index (Phi) is 6.13. The van der Waals surface area contributed by atoms with Gasteiger partial charge in [0.2, 0.25) is 0 Å². The van der Waals surface area contributed by atoms with Crippen molar-refractivity contribution in [3.8, 4) is 0 Å². The molecule has 0 spiro atoms. The minimum absolute atomic E-state index is 0.143. The molecule has 1 amide bonds. The van der Waals surface area contributed by atoms with E-state index in [2.05, 4.69) is 0 Å². The van der Waals surface area contributed by atoms with Crippen LogP contribution in [0.2, 0.25) is 5.02 Å². The third kappa shape index (κ3) is 4.22. The first kappa shape index (κ1) is 23.2. The highest BCUT2D eigenvalue weighted by Gasteiger charge is 2.41. The molecule has 3 aromatic carbocycles. The molecule has 0 unspecified atom stereocenters. The Labute approximate surface area is 209 Å². The lowest BCUT2D eigenvalue weighted by Crippen LogP contribution is -2.47. The fourth-order valence-corrected chi connectivity index (χ4v) is 6.38. The van der Waals surface area contributed by atoms with Crippen LogP contribution in [0.15, 0.2) is 107 Å². The van der Waals surface area contributed by atoms with E-state index in [0.29, 0.717) is 22.8 Å². The number of benzene rings is 3. The fraction of sp³-hybridized carbons (Fsp3) is 0.148. The van der Waals surface area contributed by atoms with Crippen LogP contribution >= 0.6 is 11.6 Å². The van der Waals surface area contributed by atoms with Crippen molar-refractivity contribution in [3.05, 3.63) is 114 Å². The number of furan rings is 1. The van der Waals surface area contributed by atoms with E-state index in [1.54, 1.807) is 41.3 Å². The Morgan fingerprint density at radius 2 is 1.63 bits per heavy atom. The molecule has 0 aliphatic carbocycles. The van der Waals surface area contributed by atoms with E-state index in [1.165, 1.54) is 22.7 Å². The van der Waals surface area contributed by atoms with Gasteiger partial charge in [-0.25, -0.2) is 8.42 Å². The highest BCUT2D eigenvalue weighted by molar-refractivity contribution is 7.92. The van der Waals surface area contributed by atoms with E-state index in [4.69, 9.17) is 16.0 Å². The molecule has 5 rings (SSSR count). The van der Waals surface area contributed by atoms with Gasteiger partial charge in [0.05, 0.1) is 22.9 Å². The second-order valence-corrected chi connectivity index (χ2v) is 10.7. The van der Waals surface area contributed by atoms with Gasteiger partial charge in [-0.1, -0.05) is 48.0 Å². The van der Waals surface area contributed by atoms with Crippen LogP contribution in [0.1, 0.15) is 35.5 Å². The molecule has 0 saturated heterocycles. The highest BCUT2D eigenvalue weighted by atomic mass is 35.5. The first-order valence-corrected chi connectivity index (χ1v) is 13.0. The predicted molar refractivity (Wildman–Crippen MR) is 136 cm³/mol. The summed E-state index contributed by atoms with van der Waals surface area (Å²) in [6.45, 7) is 1.92. The summed E-state index contributed by atoms with van der Waals surface area (Å²) >= 11 is 6.03. The van der Waals surface area contributed by atoms with Crippen LogP contribution in [0.5, 0.6) is 0 Å². The molecule has 8 heteroatoms. The zero-order valence-electron chi connectivity index (χ0n) is 18.9. The lowest BCUT2D eigenvalue weighted by Gasteiger charge is -2.43. The van der Waals surface area contributed by atoms with Gasteiger partial charge in [-0.15, -0.1) is 0 Å². The minimum Gasteiger partial charge on any atom is -0.459 e. The summed E-state index contributed by atoms with van der Waals surface area (Å²) in [6.07, 6.45) is 1.86. The number of anilines is 2. The summed E-state index contributed by atoms with van der Waals surface area (Å²) in [5.74, 6) is -0.0287. The van der Waals surface area contributed by atoms with Crippen molar-refractivity contribution >= 4 is 38.9 Å². The number of sulfonamides is 1. The molecule has 178 valence electrons. The quantitative estimate of drug-likeness (QED) is 0.318. The summed E-state index contributed by atoms with van der Waals surface area (Å²) in [7, 11) is -3.96. The topological polar surface area (TPSA) is 70.8 Å². The Morgan fingerprint density at radius 1 is 0.943 bits per heavy atom. The number of carbonyl (C=O) groups is 1. The number of halogens is 1. The van der Waals surface area contributed by atoms with Gasteiger partial charge in [-0.05, 0) is 73.5 Å². The van der Waals surface area contributed by atoms with E-state index in [0.717, 1.165) is 5.56 Å². The molecule has 0 bridgehead atoms. The van der Waals surface area contributed by atoms with Crippen molar-refractivity contribution in [2.75, 3.05) is 9.21 Å². The molecule has 1 aromatic heterocycles. The van der Waals surface area contributed by atoms with Crippen molar-refractivity contribution < 1.29 is 17.6 Å². The van der Waals surface area contributed by atoms with Crippen LogP contribution in [0.4, 0.5) is 11.4 Å². The highest BCUT2D eigenvalue weighted by Crippen LogP contribution is 2.44. The number of para-hydroxylation sites is 2. The predicted octanol–water partition coefficient (Wildman–Crippen LogP) is 6.31. The van der Waals surface area contributed by atoms with Crippen molar-refractivity contribution in [1.29, 1.82) is 0 Å². The van der Waals surface area contributed by atoms with Gasteiger partial charge < -0.3 is 9.32 Å². The van der Waals surface area contributed by atoms with Crippen LogP contribution in [-0.2, 0) is 10.0 Å². The molecule has 1 aliphatic rings. The molecule has 2 atom stereocenters. The Bertz CT molecular complexity index is 1440. The van der Waals surface area contributed by atoms with Crippen molar-refractivity contribution in [1.82, 2.24) is 0 Å². The molecule has 2 heterocycles. The van der Waals surface area contributed by atoms with Gasteiger partial charge in [0.15, 0.2) is 5.76 Å². The van der Waals surface area contributed by atoms with Crippen LogP contribution in [0.25, 0.3) is 0 Å². The number of hydrogen-bond donors (Lipinski definition) is 0. The molecule has 0 fully saturated rings. The SMILES string of the molecule is C[C@@H]1C[C@@H](N(c2ccccc2)S(=O)(=O)c2ccc(Cl)cc2)c2ccccc2N1C(=O)c1ccco1. The third-order valence-electron chi connectivity index (χ3n) is 6.18. The zero-order valence-corrected chi connectivity index (χ0v) is 20.5. The number of amides is 1. The van der Waals surface area contributed by atoms with Crippen LogP contribution < -0.4 is 9.21 Å². The van der Waals surface area contributed by atoms with E-state index >= 15 is 0 Å². The first-order chi connectivity index (χ1) is 16.9. The number of nitrogens with zero attached hydrogens (tertiary/aromatic N) is 2. The Balaban J connectivity index is 1.66. The third-order valence-corrected chi connectivity index (χ3v) is 8.28. The largest absolute Gasteiger partial charge is 0.459 e. The van der Waals surface area contributed by atoms with Crippen LogP contribution in [0, 0.1) is 0 Å². The molecule has 0 N–H and O–H groups in total. The normalized spacial score (nSPS) is 17.6. The van der Waals surface area contributed by atoms with Gasteiger partial charge in [0.1, 0.15) is 0 Å². The summed E-state index contributed by atoms with van der Waals surface area (Å²) < 4.78 is 34.9. The summed E-state index contributed by atoms with van der Waals surface area (Å²) in [6, 6.07) is 25.1. The van der Waals surface area contributed by atoms with Crippen molar-refractivity contribution in [3.63, 3.8) is 0 Å². The van der Waals surface area contributed by atoms with Gasteiger partial charge in [0.25, 0.3) is 15.9 Å². The second kappa shape index (κ2) is 9.24. The monoisotopic (exact) mass is 506 g/mol. The molecule has 0 saturated carbocycles. The number of carbonyl (C=O) groups excluding carboxylic acids is 1. The smallest absolute Gasteiger partial charge is 0.294 e. The summed E-state index contributed by atoms with van der Waals surface area (Å²) in [5.41, 5.74) is 1.94. The molecule has 1 aliphatic heterocycles. The second-order valence-electron chi connectivity index (χ2n) is 8.40. The summed E-state index contributed by atoms with van der Waals surface area (Å²) in [5, 5.41) is 0.457. The van der Waals surface area contributed by atoms with E-state index in [-0.39, 0.29) is 22.6 Å². The summed E-state index contributed by atoms with van der Waals surface area (Å²) in [4.78, 5) is 15.1. The Morgan fingerprint density at radius 3 is 2.31 bits per heavy atom. The molecule has 35 heavy (non-hydrogen) atoms. The van der Waals surface area contributed by atoms with Crippen molar-refractivity contribution in [2.45, 2.75) is 30.3 Å². The molecular formula is C27H23ClN2O4S. The van der Waals surface area contributed by atoms with Gasteiger partial charge >= 0.3 is 0 Å². The first-order valence-electron chi connectivity index (χ1n) is 11.2. The van der Waals surface area contributed by atoms with Crippen molar-refractivity contribution in [2.24, 2.45) is 0 Å². The Hall–Kier alpha value is -3.55. The maximum absolute atomic E-state index is 14.0. The van der Waals surface area contributed by atoms with E-state index in [1.807, 2.05) is 49.4 Å². The lowest BCUT2D eigenvalue weighted by atomic mass is 9.91. The molecule has 6 nitrogen and oxygen atoms in total. The van der Waals surface area contributed by atoms with E-state index < -0.39 is 16.1 Å². The average Bonchev–Trinajstić information content (AvgIpc) is 3.40. The maximum atomic E-state index is 14.0. The number of rotatable bonds is 5. The van der Waals surface area contributed by atoms with Gasteiger partial charge in [0, 0.05) is 16.8 Å². The number of fused-ring (bicyclic) bond motifs is 1. The lowest BCUT2D eigenvalue weighted by molar-refractivity contribution is 0.0947. The standard InChI is InChI=1S/C27H23ClN2O4S/c1-19-18-25(23-10-5-6-11-24(23)29(19)27(31)26-12-7-17-34-26)30(21-8-3-2-4-9-21)35(32,33)22-15-13-20(28)14-16-22/h2-17,19,25H,18H2,1H3/t19-,25-/m1/s1. The van der Waals surface area contributed by atoms with Crippen LogP contribution in [-0.4, -0.2) is 20.4 Å². The average molecular weight is 507 g/mol. The fourth-order valence-electron chi connectivity index (χ4n) is 4.61. The van der Waals surface area contributed by atoms with E-state index in [9.17, 15) is 13.2 Å². The molecular weight excluding hydrogens is 484 g/mol.